The smallest absolute Gasteiger partial charge is 0.321 e. The maximum absolute atomic E-state index is 5.92. The maximum atomic E-state index is 5.92. The lowest BCUT2D eigenvalue weighted by Gasteiger charge is -2.04. The SMILES string of the molecule is Clc1ccccc1Oc1ncc(I)cn1. The largest absolute Gasteiger partial charge is 0.423 e. The standard InChI is InChI=1S/C10H6ClIN2O/c11-8-3-1-2-4-9(8)15-10-13-5-7(12)6-14-10/h1-6H. The Hall–Kier alpha value is -0.880. The van der Waals surface area contributed by atoms with E-state index in [1.807, 2.05) is 12.1 Å². The van der Waals surface area contributed by atoms with Gasteiger partial charge in [0.2, 0.25) is 0 Å². The first-order chi connectivity index (χ1) is 7.25. The molecule has 0 radical (unpaired) electrons. The first kappa shape index (κ1) is 10.6. The summed E-state index contributed by atoms with van der Waals surface area (Å²) in [5.74, 6) is 0.556. The van der Waals surface area contributed by atoms with Gasteiger partial charge in [0.05, 0.1) is 5.02 Å². The number of para-hydroxylation sites is 1. The summed E-state index contributed by atoms with van der Waals surface area (Å²) in [7, 11) is 0. The van der Waals surface area contributed by atoms with Crippen LogP contribution in [0, 0.1) is 3.57 Å². The second-order valence-electron chi connectivity index (χ2n) is 2.72. The molecule has 0 saturated carbocycles. The summed E-state index contributed by atoms with van der Waals surface area (Å²) in [6.07, 6.45) is 3.36. The lowest BCUT2D eigenvalue weighted by molar-refractivity contribution is 0.441. The highest BCUT2D eigenvalue weighted by Gasteiger charge is 2.03. The molecule has 0 atom stereocenters. The third-order valence-corrected chi connectivity index (χ3v) is 2.50. The summed E-state index contributed by atoms with van der Waals surface area (Å²) in [4.78, 5) is 8.03. The molecule has 0 aliphatic heterocycles. The van der Waals surface area contributed by atoms with E-state index in [4.69, 9.17) is 16.3 Å². The molecule has 0 bridgehead atoms. The van der Waals surface area contributed by atoms with Crippen molar-refractivity contribution in [2.75, 3.05) is 0 Å². The number of halogens is 2. The van der Waals surface area contributed by atoms with Crippen LogP contribution in [0.15, 0.2) is 36.7 Å². The molecule has 0 spiro atoms. The average molecular weight is 333 g/mol. The van der Waals surface area contributed by atoms with Crippen molar-refractivity contribution in [1.29, 1.82) is 0 Å². The molecule has 0 aliphatic carbocycles. The summed E-state index contributed by atoms with van der Waals surface area (Å²) in [6.45, 7) is 0. The van der Waals surface area contributed by atoms with Crippen LogP contribution >= 0.6 is 34.2 Å². The van der Waals surface area contributed by atoms with Crippen molar-refractivity contribution in [3.05, 3.63) is 45.3 Å². The Balaban J connectivity index is 2.22. The van der Waals surface area contributed by atoms with Crippen LogP contribution in [0.1, 0.15) is 0 Å². The molecule has 3 nitrogen and oxygen atoms in total. The van der Waals surface area contributed by atoms with Gasteiger partial charge in [-0.25, -0.2) is 9.97 Å². The van der Waals surface area contributed by atoms with Crippen molar-refractivity contribution in [2.24, 2.45) is 0 Å². The van der Waals surface area contributed by atoms with Crippen LogP contribution in [0.4, 0.5) is 0 Å². The van der Waals surface area contributed by atoms with Crippen LogP contribution in [-0.4, -0.2) is 9.97 Å². The van der Waals surface area contributed by atoms with Crippen molar-refractivity contribution < 1.29 is 4.74 Å². The van der Waals surface area contributed by atoms with Gasteiger partial charge in [-0.05, 0) is 34.7 Å². The molecule has 2 rings (SSSR count). The van der Waals surface area contributed by atoms with Gasteiger partial charge in [0.15, 0.2) is 0 Å². The van der Waals surface area contributed by atoms with Gasteiger partial charge in [-0.15, -0.1) is 0 Å². The lowest BCUT2D eigenvalue weighted by Crippen LogP contribution is -1.91. The first-order valence-corrected chi connectivity index (χ1v) is 5.61. The zero-order chi connectivity index (χ0) is 10.7. The van der Waals surface area contributed by atoms with E-state index >= 15 is 0 Å². The van der Waals surface area contributed by atoms with E-state index in [-0.39, 0.29) is 0 Å². The Labute approximate surface area is 106 Å². The van der Waals surface area contributed by atoms with E-state index < -0.39 is 0 Å². The van der Waals surface area contributed by atoms with Gasteiger partial charge in [0.1, 0.15) is 5.75 Å². The van der Waals surface area contributed by atoms with E-state index in [1.54, 1.807) is 24.5 Å². The van der Waals surface area contributed by atoms with Gasteiger partial charge in [-0.2, -0.15) is 0 Å². The molecular formula is C10H6ClIN2O. The van der Waals surface area contributed by atoms with Crippen LogP contribution in [0.3, 0.4) is 0 Å². The summed E-state index contributed by atoms with van der Waals surface area (Å²) < 4.78 is 6.36. The first-order valence-electron chi connectivity index (χ1n) is 4.15. The third-order valence-electron chi connectivity index (χ3n) is 1.63. The monoisotopic (exact) mass is 332 g/mol. The quantitative estimate of drug-likeness (QED) is 0.789. The highest BCUT2D eigenvalue weighted by molar-refractivity contribution is 14.1. The average Bonchev–Trinajstić information content (AvgIpc) is 2.25. The Morgan fingerprint density at radius 2 is 1.80 bits per heavy atom. The molecule has 0 saturated heterocycles. The highest BCUT2D eigenvalue weighted by Crippen LogP contribution is 2.26. The molecule has 1 aromatic carbocycles. The minimum absolute atomic E-state index is 0.295. The summed E-state index contributed by atoms with van der Waals surface area (Å²) in [5, 5.41) is 0.541. The van der Waals surface area contributed by atoms with Crippen molar-refractivity contribution >= 4 is 34.2 Å². The van der Waals surface area contributed by atoms with E-state index in [9.17, 15) is 0 Å². The molecule has 2 aromatic rings. The van der Waals surface area contributed by atoms with E-state index in [1.165, 1.54) is 0 Å². The zero-order valence-corrected chi connectivity index (χ0v) is 10.4. The predicted octanol–water partition coefficient (Wildman–Crippen LogP) is 3.53. The van der Waals surface area contributed by atoms with E-state index in [0.717, 1.165) is 3.57 Å². The molecule has 0 N–H and O–H groups in total. The Bertz CT molecular complexity index is 461. The van der Waals surface area contributed by atoms with Gasteiger partial charge in [-0.1, -0.05) is 23.7 Å². The van der Waals surface area contributed by atoms with E-state index in [2.05, 4.69) is 32.6 Å². The molecule has 0 aliphatic rings. The minimum Gasteiger partial charge on any atom is -0.423 e. The zero-order valence-electron chi connectivity index (χ0n) is 7.52. The number of benzene rings is 1. The second-order valence-corrected chi connectivity index (χ2v) is 4.37. The summed E-state index contributed by atoms with van der Waals surface area (Å²) in [5.41, 5.74) is 0. The van der Waals surface area contributed by atoms with Gasteiger partial charge in [0.25, 0.3) is 0 Å². The molecule has 15 heavy (non-hydrogen) atoms. The second kappa shape index (κ2) is 4.76. The summed E-state index contributed by atoms with van der Waals surface area (Å²) >= 11 is 8.05. The summed E-state index contributed by atoms with van der Waals surface area (Å²) in [6, 6.07) is 7.49. The number of rotatable bonds is 2. The molecule has 0 unspecified atom stereocenters. The normalized spacial score (nSPS) is 10.0. The van der Waals surface area contributed by atoms with Gasteiger partial charge >= 0.3 is 6.01 Å². The van der Waals surface area contributed by atoms with Crippen molar-refractivity contribution in [3.8, 4) is 11.8 Å². The van der Waals surface area contributed by atoms with Crippen LogP contribution in [0.2, 0.25) is 5.02 Å². The number of hydrogen-bond acceptors (Lipinski definition) is 3. The fourth-order valence-corrected chi connectivity index (χ4v) is 1.43. The van der Waals surface area contributed by atoms with Crippen molar-refractivity contribution in [3.63, 3.8) is 0 Å². The van der Waals surface area contributed by atoms with Crippen LogP contribution < -0.4 is 4.74 Å². The van der Waals surface area contributed by atoms with Crippen molar-refractivity contribution in [2.45, 2.75) is 0 Å². The maximum Gasteiger partial charge on any atom is 0.321 e. The van der Waals surface area contributed by atoms with Gasteiger partial charge in [0, 0.05) is 16.0 Å². The highest BCUT2D eigenvalue weighted by atomic mass is 127. The predicted molar refractivity (Wildman–Crippen MR) is 66.3 cm³/mol. The Morgan fingerprint density at radius 1 is 1.13 bits per heavy atom. The fourth-order valence-electron chi connectivity index (χ4n) is 0.979. The van der Waals surface area contributed by atoms with Gasteiger partial charge < -0.3 is 4.74 Å². The number of ether oxygens (including phenoxy) is 1. The van der Waals surface area contributed by atoms with Crippen LogP contribution in [0.5, 0.6) is 11.8 Å². The van der Waals surface area contributed by atoms with E-state index in [0.29, 0.717) is 16.8 Å². The lowest BCUT2D eigenvalue weighted by atomic mass is 10.3. The Morgan fingerprint density at radius 3 is 2.47 bits per heavy atom. The topological polar surface area (TPSA) is 35.0 Å². The molecule has 1 aromatic heterocycles. The Kier molecular flexibility index (Phi) is 3.37. The number of hydrogen-bond donors (Lipinski definition) is 0. The van der Waals surface area contributed by atoms with Crippen molar-refractivity contribution in [1.82, 2.24) is 9.97 Å². The number of aromatic nitrogens is 2. The fraction of sp³-hybridized carbons (Fsp3) is 0. The van der Waals surface area contributed by atoms with Crippen LogP contribution in [-0.2, 0) is 0 Å². The molecular weight excluding hydrogens is 326 g/mol. The molecule has 76 valence electrons. The minimum atomic E-state index is 0.295. The van der Waals surface area contributed by atoms with Crippen LogP contribution in [0.25, 0.3) is 0 Å². The third kappa shape index (κ3) is 2.79. The van der Waals surface area contributed by atoms with Gasteiger partial charge in [-0.3, -0.25) is 0 Å². The molecule has 0 amide bonds. The molecule has 5 heteroatoms. The number of nitrogens with zero attached hydrogens (tertiary/aromatic N) is 2. The molecule has 1 heterocycles. The molecule has 0 fully saturated rings.